The molecule has 0 radical (unpaired) electrons. The van der Waals surface area contributed by atoms with Gasteiger partial charge in [0.2, 0.25) is 0 Å². The molecular formula is C16H25O2P. The van der Waals surface area contributed by atoms with Crippen LogP contribution in [0.4, 0.5) is 0 Å². The quantitative estimate of drug-likeness (QED) is 0.669. The minimum atomic E-state index is -2.19. The summed E-state index contributed by atoms with van der Waals surface area (Å²) < 4.78 is 13.0. The Labute approximate surface area is 117 Å². The van der Waals surface area contributed by atoms with E-state index in [1.807, 2.05) is 0 Å². The first-order valence-electron chi connectivity index (χ1n) is 7.73. The second-order valence-corrected chi connectivity index (χ2v) is 8.91. The molecule has 0 atom stereocenters. The van der Waals surface area contributed by atoms with Crippen molar-refractivity contribution in [2.24, 2.45) is 0 Å². The fourth-order valence-electron chi connectivity index (χ4n) is 2.44. The Kier molecular flexibility index (Phi) is 4.21. The van der Waals surface area contributed by atoms with Crippen molar-refractivity contribution in [3.63, 3.8) is 0 Å². The number of benzene rings is 1. The zero-order chi connectivity index (χ0) is 13.1. The van der Waals surface area contributed by atoms with Crippen LogP contribution in [0.2, 0.25) is 0 Å². The van der Waals surface area contributed by atoms with E-state index in [0.717, 1.165) is 6.16 Å². The summed E-state index contributed by atoms with van der Waals surface area (Å²) in [5.41, 5.74) is 0. The number of rotatable bonds is 8. The van der Waals surface area contributed by atoms with Gasteiger partial charge in [-0.2, -0.15) is 0 Å². The summed E-state index contributed by atoms with van der Waals surface area (Å²) in [6, 6.07) is 10.8. The standard InChI is InChI=1S/C16H25O2P/c1-2-3-13-19(17-14-9-10-14,18-15-11-12-15)16-7-5-4-6-8-16/h4-8,14-15,19H,2-3,9-13H2,1H3. The second-order valence-electron chi connectivity index (χ2n) is 5.86. The van der Waals surface area contributed by atoms with Gasteiger partial charge in [-0.3, -0.25) is 0 Å². The summed E-state index contributed by atoms with van der Waals surface area (Å²) >= 11 is 0. The fourth-order valence-corrected chi connectivity index (χ4v) is 6.36. The molecule has 0 aromatic heterocycles. The number of unbranched alkanes of at least 4 members (excludes halogenated alkanes) is 1. The normalized spacial score (nSPS) is 20.5. The summed E-state index contributed by atoms with van der Waals surface area (Å²) in [6.07, 6.45) is 9.38. The maximum atomic E-state index is 6.50. The van der Waals surface area contributed by atoms with Gasteiger partial charge in [-0.05, 0) is 0 Å². The predicted octanol–water partition coefficient (Wildman–Crippen LogP) is 4.05. The molecule has 1 aromatic carbocycles. The van der Waals surface area contributed by atoms with Crippen LogP contribution in [-0.2, 0) is 9.05 Å². The molecule has 3 heteroatoms. The van der Waals surface area contributed by atoms with E-state index in [4.69, 9.17) is 9.05 Å². The SMILES string of the molecule is CCCC[PH](OC1CC1)(OC1CC1)c1ccccc1. The molecule has 106 valence electrons. The molecule has 0 saturated heterocycles. The molecular weight excluding hydrogens is 255 g/mol. The maximum absolute atomic E-state index is 6.50. The Bertz CT molecular complexity index is 384. The van der Waals surface area contributed by atoms with E-state index >= 15 is 0 Å². The van der Waals surface area contributed by atoms with Gasteiger partial charge in [-0.25, -0.2) is 0 Å². The van der Waals surface area contributed by atoms with E-state index in [1.165, 1.54) is 43.8 Å². The van der Waals surface area contributed by atoms with Gasteiger partial charge in [0.05, 0.1) is 0 Å². The average Bonchev–Trinajstić information content (AvgIpc) is 3.34. The van der Waals surface area contributed by atoms with Crippen LogP contribution < -0.4 is 5.30 Å². The Hall–Kier alpha value is -0.430. The monoisotopic (exact) mass is 280 g/mol. The zero-order valence-electron chi connectivity index (χ0n) is 11.8. The van der Waals surface area contributed by atoms with Crippen molar-refractivity contribution in [3.05, 3.63) is 30.3 Å². The third-order valence-electron chi connectivity index (χ3n) is 3.84. The molecule has 0 amide bonds. The summed E-state index contributed by atoms with van der Waals surface area (Å²) in [6.45, 7) is 2.25. The van der Waals surface area contributed by atoms with Gasteiger partial charge in [-0.1, -0.05) is 0 Å². The first kappa shape index (κ1) is 13.5. The van der Waals surface area contributed by atoms with Crippen molar-refractivity contribution in [3.8, 4) is 0 Å². The van der Waals surface area contributed by atoms with Gasteiger partial charge in [0.15, 0.2) is 0 Å². The number of hydrogen-bond donors (Lipinski definition) is 0. The van der Waals surface area contributed by atoms with Gasteiger partial charge < -0.3 is 0 Å². The molecule has 19 heavy (non-hydrogen) atoms. The molecule has 2 saturated carbocycles. The molecule has 1 aromatic rings. The Balaban J connectivity index is 1.84. The zero-order valence-corrected chi connectivity index (χ0v) is 12.8. The van der Waals surface area contributed by atoms with Crippen molar-refractivity contribution in [1.82, 2.24) is 0 Å². The topological polar surface area (TPSA) is 18.5 Å². The number of hydrogen-bond acceptors (Lipinski definition) is 2. The fraction of sp³-hybridized carbons (Fsp3) is 0.625. The Morgan fingerprint density at radius 3 is 2.05 bits per heavy atom. The van der Waals surface area contributed by atoms with Gasteiger partial charge in [-0.15, -0.1) is 0 Å². The molecule has 2 fully saturated rings. The van der Waals surface area contributed by atoms with Crippen molar-refractivity contribution in [2.75, 3.05) is 6.16 Å². The van der Waals surface area contributed by atoms with Crippen molar-refractivity contribution in [1.29, 1.82) is 0 Å². The van der Waals surface area contributed by atoms with Crippen LogP contribution in [0.1, 0.15) is 45.4 Å². The first-order chi connectivity index (χ1) is 9.32. The second kappa shape index (κ2) is 5.91. The summed E-state index contributed by atoms with van der Waals surface area (Å²) in [5, 5.41) is 1.34. The molecule has 0 aliphatic heterocycles. The van der Waals surface area contributed by atoms with Crippen LogP contribution >= 0.6 is 7.72 Å². The molecule has 0 spiro atoms. The van der Waals surface area contributed by atoms with Crippen LogP contribution in [0.15, 0.2) is 30.3 Å². The third kappa shape index (κ3) is 3.56. The van der Waals surface area contributed by atoms with Crippen LogP contribution in [0, 0.1) is 0 Å². The van der Waals surface area contributed by atoms with Crippen LogP contribution in [0.25, 0.3) is 0 Å². The first-order valence-corrected chi connectivity index (χ1v) is 9.76. The van der Waals surface area contributed by atoms with E-state index in [1.54, 1.807) is 0 Å². The van der Waals surface area contributed by atoms with E-state index in [9.17, 15) is 0 Å². The average molecular weight is 280 g/mol. The van der Waals surface area contributed by atoms with Crippen LogP contribution in [-0.4, -0.2) is 18.4 Å². The predicted molar refractivity (Wildman–Crippen MR) is 82.4 cm³/mol. The molecule has 2 nitrogen and oxygen atoms in total. The molecule has 0 unspecified atom stereocenters. The van der Waals surface area contributed by atoms with Gasteiger partial charge in [0.1, 0.15) is 0 Å². The van der Waals surface area contributed by atoms with E-state index in [2.05, 4.69) is 37.3 Å². The molecule has 3 rings (SSSR count). The summed E-state index contributed by atoms with van der Waals surface area (Å²) in [4.78, 5) is 0. The van der Waals surface area contributed by atoms with Gasteiger partial charge in [0, 0.05) is 0 Å². The van der Waals surface area contributed by atoms with Crippen LogP contribution in [0.3, 0.4) is 0 Å². The van der Waals surface area contributed by atoms with E-state index in [0.29, 0.717) is 12.2 Å². The molecule has 0 heterocycles. The van der Waals surface area contributed by atoms with E-state index < -0.39 is 7.72 Å². The van der Waals surface area contributed by atoms with Gasteiger partial charge in [0.25, 0.3) is 0 Å². The Morgan fingerprint density at radius 1 is 1.00 bits per heavy atom. The molecule has 2 aliphatic rings. The Morgan fingerprint density at radius 2 is 1.58 bits per heavy atom. The van der Waals surface area contributed by atoms with Crippen LogP contribution in [0.5, 0.6) is 0 Å². The summed E-state index contributed by atoms with van der Waals surface area (Å²) in [7, 11) is -2.19. The molecule has 0 N–H and O–H groups in total. The molecule has 0 bridgehead atoms. The van der Waals surface area contributed by atoms with Crippen molar-refractivity contribution < 1.29 is 9.05 Å². The molecule has 2 aliphatic carbocycles. The summed E-state index contributed by atoms with van der Waals surface area (Å²) in [5.74, 6) is 0. The van der Waals surface area contributed by atoms with Gasteiger partial charge >= 0.3 is 116 Å². The van der Waals surface area contributed by atoms with Crippen molar-refractivity contribution in [2.45, 2.75) is 57.7 Å². The third-order valence-corrected chi connectivity index (χ3v) is 7.49. The van der Waals surface area contributed by atoms with E-state index in [-0.39, 0.29) is 0 Å². The van der Waals surface area contributed by atoms with Crippen molar-refractivity contribution >= 4 is 13.0 Å². The minimum absolute atomic E-state index is 0.475.